The van der Waals surface area contributed by atoms with Gasteiger partial charge >= 0.3 is 66.0 Å². The van der Waals surface area contributed by atoms with Gasteiger partial charge in [0.1, 0.15) is 0 Å². The summed E-state index contributed by atoms with van der Waals surface area (Å²) in [6.07, 6.45) is 4.37. The standard InChI is InChI=1S/C17H16S2.2F6P/c1-2-7-13-12(6-1)18-14-8-3-4-9-15(14)19(13)17-11-5-10-16(17)18;2*1-7(2,3,4,5)6/h1-4,6-9,16-17H,5,10-11H2;;/q+2;2*-1. The summed E-state index contributed by atoms with van der Waals surface area (Å²) >= 11 is 0. The van der Waals surface area contributed by atoms with Gasteiger partial charge in [-0.1, -0.05) is 24.3 Å². The molecule has 0 spiro atoms. The molecule has 1 saturated carbocycles. The molecule has 6 rings (SSSR count). The van der Waals surface area contributed by atoms with Crippen LogP contribution in [0.15, 0.2) is 68.1 Å². The molecule has 2 aromatic carbocycles. The van der Waals surface area contributed by atoms with Crippen LogP contribution in [-0.4, -0.2) is 10.5 Å². The molecule has 4 aliphatic rings. The Balaban J connectivity index is 0.000000184. The predicted octanol–water partition coefficient (Wildman–Crippen LogP) is 10.8. The van der Waals surface area contributed by atoms with Crippen LogP contribution in [0.3, 0.4) is 0 Å². The largest absolute Gasteiger partial charge is 0.216 e. The zero-order valence-electron chi connectivity index (χ0n) is 16.1. The van der Waals surface area contributed by atoms with Crippen LogP contribution in [-0.2, 0) is 21.8 Å². The van der Waals surface area contributed by atoms with Gasteiger partial charge in [-0.2, -0.15) is 0 Å². The molecule has 0 N–H and O–H groups in total. The van der Waals surface area contributed by atoms with Gasteiger partial charge in [0, 0.05) is 12.8 Å². The Morgan fingerprint density at radius 1 is 0.485 bits per heavy atom. The molecule has 1 aliphatic carbocycles. The van der Waals surface area contributed by atoms with Gasteiger partial charge in [0.05, 0.1) is 21.8 Å². The zero-order valence-corrected chi connectivity index (χ0v) is 19.6. The van der Waals surface area contributed by atoms with Crippen molar-refractivity contribution in [3.63, 3.8) is 0 Å². The normalized spacial score (nSPS) is 29.2. The van der Waals surface area contributed by atoms with Gasteiger partial charge in [-0.25, -0.2) is 0 Å². The van der Waals surface area contributed by atoms with E-state index in [9.17, 15) is 50.4 Å². The van der Waals surface area contributed by atoms with Crippen molar-refractivity contribution < 1.29 is 50.4 Å². The van der Waals surface area contributed by atoms with E-state index in [1.165, 1.54) is 19.3 Å². The number of halogens is 12. The minimum absolute atomic E-state index is 0.366. The molecule has 16 heteroatoms. The smallest absolute Gasteiger partial charge is 0.0569 e. The summed E-state index contributed by atoms with van der Waals surface area (Å²) in [5.74, 6) is 0. The van der Waals surface area contributed by atoms with Gasteiger partial charge in [0.2, 0.25) is 19.6 Å². The van der Waals surface area contributed by atoms with Crippen molar-refractivity contribution in [1.29, 1.82) is 0 Å². The Morgan fingerprint density at radius 3 is 0.909 bits per heavy atom. The van der Waals surface area contributed by atoms with Gasteiger partial charge in [-0.05, 0) is 30.7 Å². The van der Waals surface area contributed by atoms with Crippen molar-refractivity contribution in [1.82, 2.24) is 0 Å². The Morgan fingerprint density at radius 2 is 0.697 bits per heavy atom. The average molecular weight is 574 g/mol. The van der Waals surface area contributed by atoms with Crippen LogP contribution in [0.25, 0.3) is 0 Å². The number of benzene rings is 2. The second kappa shape index (κ2) is 6.89. The number of hydrogen-bond acceptors (Lipinski definition) is 0. The molecule has 0 aromatic heterocycles. The molecule has 3 heterocycles. The first-order valence-corrected chi connectivity index (χ1v) is 15.8. The summed E-state index contributed by atoms with van der Waals surface area (Å²) in [4.78, 5) is 6.70. The Bertz CT molecular complexity index is 912. The topological polar surface area (TPSA) is 0 Å². The van der Waals surface area contributed by atoms with E-state index in [1.54, 1.807) is 19.6 Å². The van der Waals surface area contributed by atoms with Crippen LogP contribution in [0.1, 0.15) is 19.3 Å². The van der Waals surface area contributed by atoms with Crippen molar-refractivity contribution in [2.45, 2.75) is 49.3 Å². The van der Waals surface area contributed by atoms with Crippen LogP contribution in [0.2, 0.25) is 0 Å². The van der Waals surface area contributed by atoms with E-state index in [0.29, 0.717) is 21.8 Å². The summed E-state index contributed by atoms with van der Waals surface area (Å²) in [5, 5.41) is 1.90. The molecular weight excluding hydrogens is 558 g/mol. The molecular formula is C17H16F12P2S2. The molecule has 0 nitrogen and oxygen atoms in total. The summed E-state index contributed by atoms with van der Waals surface area (Å²) in [5.41, 5.74) is 0. The predicted molar refractivity (Wildman–Crippen MR) is 109 cm³/mol. The minimum Gasteiger partial charge on any atom is -0.0569 e. The third kappa shape index (κ3) is 8.71. The summed E-state index contributed by atoms with van der Waals surface area (Å²) in [7, 11) is -20.6. The Kier molecular flexibility index (Phi) is 5.58. The van der Waals surface area contributed by atoms with Crippen molar-refractivity contribution in [2.75, 3.05) is 0 Å². The van der Waals surface area contributed by atoms with Crippen LogP contribution in [0.4, 0.5) is 50.4 Å². The van der Waals surface area contributed by atoms with E-state index in [4.69, 9.17) is 0 Å². The SMILES string of the molecule is F[P-](F)(F)(F)(F)F.F[P-](F)(F)(F)(F)F.c1ccc2c(c1)[S+]1c3ccccc3[S+]2C2CCCC21. The number of hydrogen-bond donors (Lipinski definition) is 0. The molecule has 1 fully saturated rings. The maximum absolute atomic E-state index is 10.7. The quantitative estimate of drug-likeness (QED) is 0.167. The maximum atomic E-state index is 9.87. The fourth-order valence-corrected chi connectivity index (χ4v) is 11.2. The fourth-order valence-electron chi connectivity index (χ4n) is 3.95. The zero-order chi connectivity index (χ0) is 25.2. The summed E-state index contributed by atoms with van der Waals surface area (Å²) in [6.45, 7) is 0. The van der Waals surface area contributed by atoms with E-state index in [-0.39, 0.29) is 0 Å². The third-order valence-electron chi connectivity index (χ3n) is 4.64. The van der Waals surface area contributed by atoms with Crippen LogP contribution >= 0.6 is 15.6 Å². The first-order chi connectivity index (χ1) is 14.3. The molecule has 2 atom stereocenters. The molecule has 33 heavy (non-hydrogen) atoms. The second-order valence-electron chi connectivity index (χ2n) is 7.49. The third-order valence-corrected chi connectivity index (χ3v) is 10.7. The molecule has 2 bridgehead atoms. The minimum atomic E-state index is -10.7. The fraction of sp³-hybridized carbons (Fsp3) is 0.294. The van der Waals surface area contributed by atoms with Crippen LogP contribution in [0, 0.1) is 0 Å². The van der Waals surface area contributed by atoms with Gasteiger partial charge in [-0.3, -0.25) is 0 Å². The second-order valence-corrected chi connectivity index (χ2v) is 15.6. The van der Waals surface area contributed by atoms with E-state index >= 15 is 0 Å². The maximum Gasteiger partial charge on any atom is 0.216 e. The van der Waals surface area contributed by atoms with E-state index < -0.39 is 15.6 Å². The van der Waals surface area contributed by atoms with Crippen LogP contribution < -0.4 is 0 Å². The molecule has 2 aromatic rings. The van der Waals surface area contributed by atoms with Crippen molar-refractivity contribution in [2.24, 2.45) is 0 Å². The molecule has 2 unspecified atom stereocenters. The van der Waals surface area contributed by atoms with Gasteiger partial charge < -0.3 is 0 Å². The Hall–Kier alpha value is -0.840. The molecule has 3 aliphatic heterocycles. The van der Waals surface area contributed by atoms with Gasteiger partial charge in [0.15, 0.2) is 10.5 Å². The molecule has 0 radical (unpaired) electrons. The molecule has 0 amide bonds. The van der Waals surface area contributed by atoms with E-state index in [2.05, 4.69) is 48.5 Å². The van der Waals surface area contributed by atoms with Crippen molar-refractivity contribution in [3.8, 4) is 0 Å². The van der Waals surface area contributed by atoms with Crippen molar-refractivity contribution in [3.05, 3.63) is 48.5 Å². The molecule has 190 valence electrons. The van der Waals surface area contributed by atoms with Crippen molar-refractivity contribution >= 4 is 37.4 Å². The number of rotatable bonds is 0. The van der Waals surface area contributed by atoms with Crippen LogP contribution in [0.5, 0.6) is 0 Å². The Labute approximate surface area is 185 Å². The summed E-state index contributed by atoms with van der Waals surface area (Å²) in [6, 6.07) is 18.6. The first kappa shape index (κ1) is 26.8. The van der Waals surface area contributed by atoms with E-state index in [0.717, 1.165) is 10.5 Å². The first-order valence-electron chi connectivity index (χ1n) is 9.12. The summed E-state index contributed by atoms with van der Waals surface area (Å²) < 4.78 is 118. The monoisotopic (exact) mass is 574 g/mol. The van der Waals surface area contributed by atoms with E-state index in [1.807, 2.05) is 0 Å². The molecule has 0 saturated heterocycles. The average Bonchev–Trinajstić information content (AvgIpc) is 3.06. The van der Waals surface area contributed by atoms with Gasteiger partial charge in [0.25, 0.3) is 0 Å². The van der Waals surface area contributed by atoms with Gasteiger partial charge in [-0.15, -0.1) is 0 Å².